The third-order valence-corrected chi connectivity index (χ3v) is 3.26. The summed E-state index contributed by atoms with van der Waals surface area (Å²) in [4.78, 5) is 0. The Hall–Kier alpha value is -0.890. The number of hydrogen-bond donors (Lipinski definition) is 2. The van der Waals surface area contributed by atoms with E-state index in [0.717, 1.165) is 23.2 Å². The normalized spacial score (nSPS) is 24.8. The summed E-state index contributed by atoms with van der Waals surface area (Å²) in [6.45, 7) is 1.03. The quantitative estimate of drug-likeness (QED) is 0.742. The number of anilines is 2. The highest BCUT2D eigenvalue weighted by Crippen LogP contribution is 2.38. The van der Waals surface area contributed by atoms with E-state index in [-0.39, 0.29) is 0 Å². The molecule has 1 aromatic carbocycles. The van der Waals surface area contributed by atoms with Crippen LogP contribution in [0.15, 0.2) is 18.2 Å². The Kier molecular flexibility index (Phi) is 1.84. The summed E-state index contributed by atoms with van der Waals surface area (Å²) in [5.74, 6) is 0.881. The Bertz CT molecular complexity index is 360. The highest BCUT2D eigenvalue weighted by atomic mass is 35.5. The third kappa shape index (κ3) is 1.44. The largest absolute Gasteiger partial charge is 0.381 e. The van der Waals surface area contributed by atoms with E-state index in [1.165, 1.54) is 18.5 Å². The lowest BCUT2D eigenvalue weighted by molar-refractivity contribution is 0.653. The van der Waals surface area contributed by atoms with Gasteiger partial charge in [-0.2, -0.15) is 0 Å². The van der Waals surface area contributed by atoms with Gasteiger partial charge in [0.15, 0.2) is 0 Å². The molecule has 0 bridgehead atoms. The standard InChI is InChI=1S/C11H13ClN2/c12-8-3-4-9-10(5-8)13-6-11(14-9)7-1-2-7/h3-5,7,11,13-14H,1-2,6H2. The van der Waals surface area contributed by atoms with Gasteiger partial charge in [0.1, 0.15) is 0 Å². The molecule has 0 saturated heterocycles. The van der Waals surface area contributed by atoms with Crippen molar-refractivity contribution in [3.8, 4) is 0 Å². The molecule has 2 N–H and O–H groups in total. The average molecular weight is 209 g/mol. The first-order chi connectivity index (χ1) is 6.83. The summed E-state index contributed by atoms with van der Waals surface area (Å²) in [7, 11) is 0. The fourth-order valence-electron chi connectivity index (χ4n) is 2.04. The van der Waals surface area contributed by atoms with Gasteiger partial charge in [-0.05, 0) is 37.0 Å². The number of halogens is 1. The molecular formula is C11H13ClN2. The molecular weight excluding hydrogens is 196 g/mol. The van der Waals surface area contributed by atoms with Crippen LogP contribution in [0.2, 0.25) is 5.02 Å². The van der Waals surface area contributed by atoms with Crippen LogP contribution in [0.5, 0.6) is 0 Å². The van der Waals surface area contributed by atoms with E-state index in [2.05, 4.69) is 16.7 Å². The van der Waals surface area contributed by atoms with Gasteiger partial charge in [-0.3, -0.25) is 0 Å². The first-order valence-corrected chi connectivity index (χ1v) is 5.51. The molecule has 0 amide bonds. The Morgan fingerprint density at radius 2 is 2.07 bits per heavy atom. The van der Waals surface area contributed by atoms with Gasteiger partial charge in [0.05, 0.1) is 11.4 Å². The highest BCUT2D eigenvalue weighted by molar-refractivity contribution is 6.31. The molecule has 1 unspecified atom stereocenters. The summed E-state index contributed by atoms with van der Waals surface area (Å²) in [6.07, 6.45) is 2.75. The van der Waals surface area contributed by atoms with Crippen LogP contribution >= 0.6 is 11.6 Å². The summed E-state index contributed by atoms with van der Waals surface area (Å²) >= 11 is 5.92. The molecule has 14 heavy (non-hydrogen) atoms. The van der Waals surface area contributed by atoms with E-state index in [1.807, 2.05) is 12.1 Å². The maximum absolute atomic E-state index is 5.92. The maximum atomic E-state index is 5.92. The van der Waals surface area contributed by atoms with Gasteiger partial charge in [0.2, 0.25) is 0 Å². The van der Waals surface area contributed by atoms with Crippen molar-refractivity contribution in [2.45, 2.75) is 18.9 Å². The van der Waals surface area contributed by atoms with Gasteiger partial charge in [0, 0.05) is 17.6 Å². The van der Waals surface area contributed by atoms with Gasteiger partial charge in [0.25, 0.3) is 0 Å². The van der Waals surface area contributed by atoms with Gasteiger partial charge < -0.3 is 10.6 Å². The molecule has 2 nitrogen and oxygen atoms in total. The Balaban J connectivity index is 1.86. The van der Waals surface area contributed by atoms with Crippen molar-refractivity contribution in [1.29, 1.82) is 0 Å². The molecule has 2 aliphatic rings. The van der Waals surface area contributed by atoms with Crippen LogP contribution in [0.4, 0.5) is 11.4 Å². The Morgan fingerprint density at radius 1 is 1.21 bits per heavy atom. The fourth-order valence-corrected chi connectivity index (χ4v) is 2.21. The zero-order valence-corrected chi connectivity index (χ0v) is 8.64. The second-order valence-corrected chi connectivity index (χ2v) is 4.60. The van der Waals surface area contributed by atoms with Crippen LogP contribution < -0.4 is 10.6 Å². The zero-order chi connectivity index (χ0) is 9.54. The van der Waals surface area contributed by atoms with E-state index in [0.29, 0.717) is 6.04 Å². The lowest BCUT2D eigenvalue weighted by atomic mass is 10.1. The Morgan fingerprint density at radius 3 is 2.86 bits per heavy atom. The molecule has 1 atom stereocenters. The van der Waals surface area contributed by atoms with Crippen molar-refractivity contribution < 1.29 is 0 Å². The predicted octanol–water partition coefficient (Wildman–Crippen LogP) is 2.96. The van der Waals surface area contributed by atoms with Crippen molar-refractivity contribution in [2.75, 3.05) is 17.2 Å². The van der Waals surface area contributed by atoms with Gasteiger partial charge in [-0.1, -0.05) is 11.6 Å². The molecule has 0 aromatic heterocycles. The van der Waals surface area contributed by atoms with Gasteiger partial charge in [-0.25, -0.2) is 0 Å². The first-order valence-electron chi connectivity index (χ1n) is 5.13. The SMILES string of the molecule is Clc1ccc2c(c1)NCC(C1CC1)N2. The zero-order valence-electron chi connectivity index (χ0n) is 7.89. The number of benzene rings is 1. The number of hydrogen-bond acceptors (Lipinski definition) is 2. The lowest BCUT2D eigenvalue weighted by Gasteiger charge is -2.28. The van der Waals surface area contributed by atoms with Crippen molar-refractivity contribution in [3.05, 3.63) is 23.2 Å². The summed E-state index contributed by atoms with van der Waals surface area (Å²) in [5.41, 5.74) is 2.33. The number of fused-ring (bicyclic) bond motifs is 1. The minimum atomic E-state index is 0.615. The van der Waals surface area contributed by atoms with Gasteiger partial charge in [-0.15, -0.1) is 0 Å². The van der Waals surface area contributed by atoms with Gasteiger partial charge >= 0.3 is 0 Å². The molecule has 74 valence electrons. The summed E-state index contributed by atoms with van der Waals surface area (Å²) in [5, 5.41) is 7.79. The van der Waals surface area contributed by atoms with Crippen LogP contribution in [-0.4, -0.2) is 12.6 Å². The van der Waals surface area contributed by atoms with E-state index in [1.54, 1.807) is 0 Å². The third-order valence-electron chi connectivity index (χ3n) is 3.03. The van der Waals surface area contributed by atoms with Crippen molar-refractivity contribution in [2.24, 2.45) is 5.92 Å². The summed E-state index contributed by atoms with van der Waals surface area (Å²) < 4.78 is 0. The first kappa shape index (κ1) is 8.42. The number of nitrogens with one attached hydrogen (secondary N) is 2. The minimum absolute atomic E-state index is 0.615. The topological polar surface area (TPSA) is 24.1 Å². The average Bonchev–Trinajstić information content (AvgIpc) is 3.00. The molecule has 1 aliphatic carbocycles. The van der Waals surface area contributed by atoms with Crippen LogP contribution in [-0.2, 0) is 0 Å². The molecule has 1 heterocycles. The smallest absolute Gasteiger partial charge is 0.0591 e. The van der Waals surface area contributed by atoms with E-state index in [4.69, 9.17) is 11.6 Å². The fraction of sp³-hybridized carbons (Fsp3) is 0.455. The molecule has 0 radical (unpaired) electrons. The van der Waals surface area contributed by atoms with E-state index >= 15 is 0 Å². The summed E-state index contributed by atoms with van der Waals surface area (Å²) in [6, 6.07) is 6.58. The molecule has 0 spiro atoms. The second-order valence-electron chi connectivity index (χ2n) is 4.16. The van der Waals surface area contributed by atoms with Crippen LogP contribution in [0.1, 0.15) is 12.8 Å². The molecule has 1 aliphatic heterocycles. The molecule has 3 rings (SSSR count). The minimum Gasteiger partial charge on any atom is -0.381 e. The lowest BCUT2D eigenvalue weighted by Crippen LogP contribution is -2.34. The monoisotopic (exact) mass is 208 g/mol. The molecule has 1 saturated carbocycles. The van der Waals surface area contributed by atoms with Crippen LogP contribution in [0.25, 0.3) is 0 Å². The predicted molar refractivity (Wildman–Crippen MR) is 60.1 cm³/mol. The molecule has 1 fully saturated rings. The number of rotatable bonds is 1. The van der Waals surface area contributed by atoms with Crippen LogP contribution in [0, 0.1) is 5.92 Å². The molecule has 1 aromatic rings. The van der Waals surface area contributed by atoms with E-state index < -0.39 is 0 Å². The van der Waals surface area contributed by atoms with Crippen molar-refractivity contribution in [3.63, 3.8) is 0 Å². The highest BCUT2D eigenvalue weighted by Gasteiger charge is 2.33. The van der Waals surface area contributed by atoms with Crippen molar-refractivity contribution >= 4 is 23.0 Å². The maximum Gasteiger partial charge on any atom is 0.0591 e. The van der Waals surface area contributed by atoms with Crippen LogP contribution in [0.3, 0.4) is 0 Å². The molecule has 3 heteroatoms. The second kappa shape index (κ2) is 3.06. The van der Waals surface area contributed by atoms with E-state index in [9.17, 15) is 0 Å². The van der Waals surface area contributed by atoms with Crippen molar-refractivity contribution in [1.82, 2.24) is 0 Å². The Labute approximate surface area is 88.6 Å².